The molecule has 0 aliphatic carbocycles. The molecule has 0 aromatic carbocycles. The van der Waals surface area contributed by atoms with Crippen molar-refractivity contribution in [1.29, 1.82) is 0 Å². The van der Waals surface area contributed by atoms with Crippen LogP contribution in [0, 0.1) is 5.92 Å². The molecular weight excluding hydrogens is 248 g/mol. The van der Waals surface area contributed by atoms with E-state index in [-0.39, 0.29) is 5.54 Å². The number of hydrogen-bond donors (Lipinski definition) is 0. The molecule has 1 saturated heterocycles. The van der Waals surface area contributed by atoms with E-state index in [0.29, 0.717) is 18.2 Å². The maximum absolute atomic E-state index is 12.1. The van der Waals surface area contributed by atoms with Gasteiger partial charge in [0.25, 0.3) is 0 Å². The van der Waals surface area contributed by atoms with Gasteiger partial charge in [0.2, 0.25) is 5.91 Å². The summed E-state index contributed by atoms with van der Waals surface area (Å²) < 4.78 is 0. The van der Waals surface area contributed by atoms with Gasteiger partial charge in [-0.3, -0.25) is 4.79 Å². The van der Waals surface area contributed by atoms with Gasteiger partial charge in [-0.15, -0.1) is 0 Å². The summed E-state index contributed by atoms with van der Waals surface area (Å²) in [4.78, 5) is 16.5. The van der Waals surface area contributed by atoms with Gasteiger partial charge in [-0.1, -0.05) is 18.6 Å². The third-order valence-corrected chi connectivity index (χ3v) is 4.15. The molecule has 1 amide bonds. The van der Waals surface area contributed by atoms with E-state index in [1.165, 1.54) is 5.57 Å². The molecule has 1 atom stereocenters. The summed E-state index contributed by atoms with van der Waals surface area (Å²) >= 11 is 0. The summed E-state index contributed by atoms with van der Waals surface area (Å²) in [5.41, 5.74) is 1.43. The van der Waals surface area contributed by atoms with Crippen LogP contribution in [0.15, 0.2) is 11.6 Å². The molecule has 0 saturated carbocycles. The number of rotatable bonds is 6. The van der Waals surface area contributed by atoms with Crippen molar-refractivity contribution in [2.75, 3.05) is 26.7 Å². The summed E-state index contributed by atoms with van der Waals surface area (Å²) in [5, 5.41) is 0. The molecule has 0 spiro atoms. The lowest BCUT2D eigenvalue weighted by Gasteiger charge is -2.32. The van der Waals surface area contributed by atoms with E-state index < -0.39 is 0 Å². The summed E-state index contributed by atoms with van der Waals surface area (Å²) in [6.45, 7) is 13.8. The van der Waals surface area contributed by atoms with Crippen molar-refractivity contribution in [2.24, 2.45) is 5.92 Å². The Hall–Kier alpha value is -0.830. The molecule has 1 unspecified atom stereocenters. The number of nitrogens with zero attached hydrogens (tertiary/aromatic N) is 2. The number of carbonyl (C=O) groups is 1. The lowest BCUT2D eigenvalue weighted by atomic mass is 10.1. The molecule has 0 aromatic heterocycles. The van der Waals surface area contributed by atoms with E-state index in [4.69, 9.17) is 0 Å². The van der Waals surface area contributed by atoms with Crippen LogP contribution in [0.2, 0.25) is 0 Å². The van der Waals surface area contributed by atoms with Crippen molar-refractivity contribution in [3.05, 3.63) is 11.6 Å². The fraction of sp³-hybridized carbons (Fsp3) is 0.824. The SMILES string of the molecule is CCC(C)=CCCN(C)CC1CC(=O)N(C(C)(C)C)C1. The predicted molar refractivity (Wildman–Crippen MR) is 85.7 cm³/mol. The summed E-state index contributed by atoms with van der Waals surface area (Å²) in [5.74, 6) is 0.806. The molecule has 1 fully saturated rings. The first-order valence-corrected chi connectivity index (χ1v) is 7.88. The summed E-state index contributed by atoms with van der Waals surface area (Å²) in [7, 11) is 2.17. The van der Waals surface area contributed by atoms with Crippen molar-refractivity contribution in [2.45, 2.75) is 59.4 Å². The Morgan fingerprint density at radius 3 is 2.60 bits per heavy atom. The summed E-state index contributed by atoms with van der Waals surface area (Å²) in [6, 6.07) is 0. The van der Waals surface area contributed by atoms with Crippen LogP contribution in [0.4, 0.5) is 0 Å². The first-order valence-electron chi connectivity index (χ1n) is 7.88. The van der Waals surface area contributed by atoms with E-state index in [1.807, 2.05) is 4.90 Å². The average Bonchev–Trinajstić information content (AvgIpc) is 2.69. The van der Waals surface area contributed by atoms with Crippen LogP contribution in [0.3, 0.4) is 0 Å². The number of hydrogen-bond acceptors (Lipinski definition) is 2. The molecule has 1 aliphatic rings. The van der Waals surface area contributed by atoms with Crippen LogP contribution in [0.5, 0.6) is 0 Å². The van der Waals surface area contributed by atoms with Crippen LogP contribution in [-0.4, -0.2) is 47.9 Å². The first-order chi connectivity index (χ1) is 9.24. The molecule has 0 bridgehead atoms. The van der Waals surface area contributed by atoms with Crippen molar-refractivity contribution in [3.63, 3.8) is 0 Å². The third-order valence-electron chi connectivity index (χ3n) is 4.15. The van der Waals surface area contributed by atoms with Gasteiger partial charge in [0.1, 0.15) is 0 Å². The third kappa shape index (κ3) is 5.28. The average molecular weight is 280 g/mol. The van der Waals surface area contributed by atoms with Crippen LogP contribution in [0.1, 0.15) is 53.9 Å². The van der Waals surface area contributed by atoms with Crippen molar-refractivity contribution >= 4 is 5.91 Å². The molecule has 3 nitrogen and oxygen atoms in total. The topological polar surface area (TPSA) is 23.6 Å². The second-order valence-corrected chi connectivity index (χ2v) is 7.20. The quantitative estimate of drug-likeness (QED) is 0.697. The van der Waals surface area contributed by atoms with Gasteiger partial charge in [0.05, 0.1) is 0 Å². The highest BCUT2D eigenvalue weighted by atomic mass is 16.2. The molecule has 20 heavy (non-hydrogen) atoms. The van der Waals surface area contributed by atoms with Gasteiger partial charge in [0, 0.05) is 31.6 Å². The second-order valence-electron chi connectivity index (χ2n) is 7.20. The Bertz CT molecular complexity index is 354. The van der Waals surface area contributed by atoms with Crippen LogP contribution in [0.25, 0.3) is 0 Å². The van der Waals surface area contributed by atoms with Gasteiger partial charge >= 0.3 is 0 Å². The van der Waals surface area contributed by atoms with Crippen molar-refractivity contribution in [3.8, 4) is 0 Å². The Morgan fingerprint density at radius 1 is 1.45 bits per heavy atom. The zero-order valence-electron chi connectivity index (χ0n) is 14.2. The summed E-state index contributed by atoms with van der Waals surface area (Å²) in [6.07, 6.45) is 5.30. The van der Waals surface area contributed by atoms with Crippen molar-refractivity contribution < 1.29 is 4.79 Å². The highest BCUT2D eigenvalue weighted by Crippen LogP contribution is 2.26. The Labute approximate surface area is 125 Å². The number of amides is 1. The zero-order valence-corrected chi connectivity index (χ0v) is 14.2. The Morgan fingerprint density at radius 2 is 2.10 bits per heavy atom. The predicted octanol–water partition coefficient (Wildman–Crippen LogP) is 3.31. The molecule has 1 heterocycles. The van der Waals surface area contributed by atoms with Crippen LogP contribution < -0.4 is 0 Å². The Balaban J connectivity index is 2.37. The molecule has 116 valence electrons. The minimum absolute atomic E-state index is 0.0363. The normalized spacial score (nSPS) is 21.1. The first kappa shape index (κ1) is 17.2. The molecule has 1 aliphatic heterocycles. The van der Waals surface area contributed by atoms with Crippen LogP contribution >= 0.6 is 0 Å². The minimum atomic E-state index is -0.0363. The lowest BCUT2D eigenvalue weighted by Crippen LogP contribution is -2.42. The molecule has 0 N–H and O–H groups in total. The Kier molecular flexibility index (Phi) is 6.25. The minimum Gasteiger partial charge on any atom is -0.338 e. The van der Waals surface area contributed by atoms with E-state index in [9.17, 15) is 4.79 Å². The monoisotopic (exact) mass is 280 g/mol. The van der Waals surface area contributed by atoms with E-state index in [0.717, 1.165) is 32.5 Å². The molecule has 1 rings (SSSR count). The fourth-order valence-corrected chi connectivity index (χ4v) is 2.76. The van der Waals surface area contributed by atoms with Gasteiger partial charge in [-0.2, -0.15) is 0 Å². The maximum Gasteiger partial charge on any atom is 0.223 e. The van der Waals surface area contributed by atoms with Crippen LogP contribution in [-0.2, 0) is 4.79 Å². The standard InChI is InChI=1S/C17H32N2O/c1-7-14(2)9-8-10-18(6)12-15-11-16(20)19(13-15)17(3,4)5/h9,15H,7-8,10-13H2,1-6H3. The van der Waals surface area contributed by atoms with E-state index in [2.05, 4.69) is 52.6 Å². The zero-order chi connectivity index (χ0) is 15.3. The molecule has 0 aromatic rings. The fourth-order valence-electron chi connectivity index (χ4n) is 2.76. The highest BCUT2D eigenvalue weighted by molar-refractivity contribution is 5.79. The molecule has 3 heteroatoms. The second kappa shape index (κ2) is 7.26. The molecule has 0 radical (unpaired) electrons. The molecular formula is C17H32N2O. The van der Waals surface area contributed by atoms with Gasteiger partial charge in [-0.05, 0) is 53.5 Å². The van der Waals surface area contributed by atoms with Gasteiger partial charge < -0.3 is 9.80 Å². The highest BCUT2D eigenvalue weighted by Gasteiger charge is 2.36. The van der Waals surface area contributed by atoms with E-state index >= 15 is 0 Å². The number of likely N-dealkylation sites (tertiary alicyclic amines) is 1. The maximum atomic E-state index is 12.1. The van der Waals surface area contributed by atoms with Gasteiger partial charge in [-0.25, -0.2) is 0 Å². The lowest BCUT2D eigenvalue weighted by molar-refractivity contribution is -0.131. The van der Waals surface area contributed by atoms with Crippen molar-refractivity contribution in [1.82, 2.24) is 9.80 Å². The number of allylic oxidation sites excluding steroid dienone is 1. The largest absolute Gasteiger partial charge is 0.338 e. The smallest absolute Gasteiger partial charge is 0.223 e. The van der Waals surface area contributed by atoms with E-state index in [1.54, 1.807) is 0 Å². The van der Waals surface area contributed by atoms with Gasteiger partial charge in [0.15, 0.2) is 0 Å². The number of carbonyl (C=O) groups excluding carboxylic acids is 1.